The Bertz CT molecular complexity index is 1530. The topological polar surface area (TPSA) is 69.7 Å². The van der Waals surface area contributed by atoms with Gasteiger partial charge in [0.2, 0.25) is 5.91 Å². The second-order valence-corrected chi connectivity index (χ2v) is 12.8. The summed E-state index contributed by atoms with van der Waals surface area (Å²) in [6.07, 6.45) is 4.13. The first-order valence-electron chi connectivity index (χ1n) is 13.9. The molecule has 1 saturated heterocycles. The van der Waals surface area contributed by atoms with Crippen LogP contribution in [-0.2, 0) is 4.79 Å². The lowest BCUT2D eigenvalue weighted by molar-refractivity contribution is -0.123. The normalized spacial score (nSPS) is 19.8. The van der Waals surface area contributed by atoms with Gasteiger partial charge in [0, 0.05) is 41.7 Å². The van der Waals surface area contributed by atoms with Crippen LogP contribution < -0.4 is 25.2 Å². The Morgan fingerprint density at radius 3 is 2.54 bits per heavy atom. The highest BCUT2D eigenvalue weighted by Crippen LogP contribution is 2.46. The Labute approximate surface area is 248 Å². The molecule has 0 saturated carbocycles. The number of hydrogen-bond donors (Lipinski definition) is 2. The van der Waals surface area contributed by atoms with Crippen molar-refractivity contribution in [2.75, 3.05) is 29.3 Å². The predicted octanol–water partition coefficient (Wildman–Crippen LogP) is 6.88. The van der Waals surface area contributed by atoms with E-state index in [-0.39, 0.29) is 23.5 Å². The molecule has 0 aliphatic carbocycles. The Morgan fingerprint density at radius 1 is 1.12 bits per heavy atom. The molecule has 8 heteroatoms. The second kappa shape index (κ2) is 10.5. The van der Waals surface area contributed by atoms with Crippen LogP contribution in [0.4, 0.5) is 17.1 Å². The average molecular weight is 570 g/mol. The first-order chi connectivity index (χ1) is 19.3. The molecule has 0 spiro atoms. The number of aromatic nitrogens is 1. The molecule has 2 aliphatic heterocycles. The smallest absolute Gasteiger partial charge is 0.229 e. The van der Waals surface area contributed by atoms with Crippen molar-refractivity contribution in [3.63, 3.8) is 0 Å². The highest BCUT2D eigenvalue weighted by atomic mass is 32.1. The van der Waals surface area contributed by atoms with E-state index in [0.717, 1.165) is 16.9 Å². The van der Waals surface area contributed by atoms with Gasteiger partial charge in [-0.1, -0.05) is 39.0 Å². The van der Waals surface area contributed by atoms with Gasteiger partial charge in [0.05, 0.1) is 36.1 Å². The number of nitrogens with one attached hydrogen (secondary N) is 2. The molecular formula is C33H39N5O2S. The largest absolute Gasteiger partial charge is 0.494 e. The summed E-state index contributed by atoms with van der Waals surface area (Å²) in [5.41, 5.74) is 6.56. The third kappa shape index (κ3) is 5.28. The first-order valence-corrected chi connectivity index (χ1v) is 14.3. The number of likely N-dealkylation sites (N-methyl/N-ethyl adjacent to an activating group) is 1. The summed E-state index contributed by atoms with van der Waals surface area (Å²) in [5, 5.41) is 7.15. The van der Waals surface area contributed by atoms with E-state index in [1.54, 1.807) is 7.11 Å². The fourth-order valence-electron chi connectivity index (χ4n) is 5.58. The molecule has 2 atom stereocenters. The predicted molar refractivity (Wildman–Crippen MR) is 172 cm³/mol. The van der Waals surface area contributed by atoms with Gasteiger partial charge in [0.25, 0.3) is 0 Å². The van der Waals surface area contributed by atoms with Gasteiger partial charge >= 0.3 is 0 Å². The zero-order valence-corrected chi connectivity index (χ0v) is 25.9. The summed E-state index contributed by atoms with van der Waals surface area (Å²) >= 11 is 5.96. The van der Waals surface area contributed by atoms with Crippen LogP contribution in [0.5, 0.6) is 5.75 Å². The summed E-state index contributed by atoms with van der Waals surface area (Å²) < 4.78 is 5.74. The van der Waals surface area contributed by atoms with E-state index in [1.807, 2.05) is 63.4 Å². The summed E-state index contributed by atoms with van der Waals surface area (Å²) in [7, 11) is 3.75. The van der Waals surface area contributed by atoms with E-state index in [2.05, 4.69) is 72.5 Å². The van der Waals surface area contributed by atoms with Gasteiger partial charge in [-0.05, 0) is 80.5 Å². The summed E-state index contributed by atoms with van der Waals surface area (Å²) in [5.74, 6) is 0.483. The number of thiocarbonyl (C=S) groups is 1. The summed E-state index contributed by atoms with van der Waals surface area (Å²) in [6.45, 7) is 12.3. The van der Waals surface area contributed by atoms with Gasteiger partial charge in [-0.3, -0.25) is 9.78 Å². The SMILES string of the molecule is COc1cc(N2C(=S)N[C@@H](c3ccccn3)[C@H]2c2ccc3c(c2)C(C)=CC(C)(C)N3C)ccc1NC(=O)C(C)(C)C. The van der Waals surface area contributed by atoms with Crippen LogP contribution in [0.1, 0.15) is 70.4 Å². The van der Waals surface area contributed by atoms with E-state index in [4.69, 9.17) is 21.9 Å². The molecule has 2 N–H and O–H groups in total. The van der Waals surface area contributed by atoms with E-state index < -0.39 is 5.41 Å². The van der Waals surface area contributed by atoms with Crippen molar-refractivity contribution in [3.05, 3.63) is 83.7 Å². The number of benzene rings is 2. The monoisotopic (exact) mass is 569 g/mol. The molecule has 2 aliphatic rings. The lowest BCUT2D eigenvalue weighted by Crippen LogP contribution is -2.42. The Hall–Kier alpha value is -3.91. The zero-order chi connectivity index (χ0) is 29.7. The minimum Gasteiger partial charge on any atom is -0.494 e. The molecule has 41 heavy (non-hydrogen) atoms. The molecule has 1 aromatic heterocycles. The van der Waals surface area contributed by atoms with Gasteiger partial charge in [-0.15, -0.1) is 0 Å². The number of ether oxygens (including phenoxy) is 1. The Morgan fingerprint density at radius 2 is 1.88 bits per heavy atom. The number of nitrogens with zero attached hydrogens (tertiary/aromatic N) is 3. The number of carbonyl (C=O) groups is 1. The summed E-state index contributed by atoms with van der Waals surface area (Å²) in [4.78, 5) is 21.9. The van der Waals surface area contributed by atoms with Crippen LogP contribution in [0.3, 0.4) is 0 Å². The molecular weight excluding hydrogens is 530 g/mol. The molecule has 214 valence electrons. The van der Waals surface area contributed by atoms with Gasteiger partial charge in [0.1, 0.15) is 5.75 Å². The number of allylic oxidation sites excluding steroid dienone is 1. The van der Waals surface area contributed by atoms with E-state index >= 15 is 0 Å². The van der Waals surface area contributed by atoms with Crippen LogP contribution in [0.2, 0.25) is 0 Å². The number of hydrogen-bond acceptors (Lipinski definition) is 5. The van der Waals surface area contributed by atoms with Crippen LogP contribution in [0, 0.1) is 5.41 Å². The Kier molecular flexibility index (Phi) is 7.32. The first kappa shape index (κ1) is 28.6. The van der Waals surface area contributed by atoms with Crippen molar-refractivity contribution in [3.8, 4) is 5.75 Å². The number of carbonyl (C=O) groups excluding carboxylic acids is 1. The maximum Gasteiger partial charge on any atom is 0.229 e. The molecule has 3 aromatic rings. The zero-order valence-electron chi connectivity index (χ0n) is 25.1. The third-order valence-electron chi connectivity index (χ3n) is 8.07. The number of amides is 1. The van der Waals surface area contributed by atoms with E-state index in [0.29, 0.717) is 16.5 Å². The molecule has 0 radical (unpaired) electrons. The molecule has 0 unspecified atom stereocenters. The van der Waals surface area contributed by atoms with Crippen molar-refractivity contribution in [1.29, 1.82) is 0 Å². The average Bonchev–Trinajstić information content (AvgIpc) is 3.28. The fourth-order valence-corrected chi connectivity index (χ4v) is 5.92. The molecule has 2 aromatic carbocycles. The Balaban J connectivity index is 1.61. The maximum atomic E-state index is 12.7. The highest BCUT2D eigenvalue weighted by Gasteiger charge is 2.41. The maximum absolute atomic E-state index is 12.7. The fraction of sp³-hybridized carbons (Fsp3) is 0.364. The van der Waals surface area contributed by atoms with Gasteiger partial charge in [0.15, 0.2) is 5.11 Å². The highest BCUT2D eigenvalue weighted by molar-refractivity contribution is 7.80. The van der Waals surface area contributed by atoms with Gasteiger partial charge in [-0.2, -0.15) is 0 Å². The molecule has 0 bridgehead atoms. The van der Waals surface area contributed by atoms with Crippen LogP contribution in [0.15, 0.2) is 66.9 Å². The minimum absolute atomic E-state index is 0.0711. The number of anilines is 3. The molecule has 5 rings (SSSR count). The van der Waals surface area contributed by atoms with Crippen LogP contribution >= 0.6 is 12.2 Å². The molecule has 7 nitrogen and oxygen atoms in total. The van der Waals surface area contributed by atoms with Crippen molar-refractivity contribution in [2.24, 2.45) is 5.41 Å². The van der Waals surface area contributed by atoms with E-state index in [9.17, 15) is 4.79 Å². The third-order valence-corrected chi connectivity index (χ3v) is 8.39. The van der Waals surface area contributed by atoms with Crippen LogP contribution in [-0.4, -0.2) is 35.7 Å². The molecule has 1 fully saturated rings. The minimum atomic E-state index is -0.534. The molecule has 1 amide bonds. The summed E-state index contributed by atoms with van der Waals surface area (Å²) in [6, 6.07) is 18.1. The number of rotatable bonds is 5. The quantitative estimate of drug-likeness (QED) is 0.325. The van der Waals surface area contributed by atoms with Gasteiger partial charge < -0.3 is 25.2 Å². The van der Waals surface area contributed by atoms with Crippen molar-refractivity contribution >= 4 is 45.9 Å². The lowest BCUT2D eigenvalue weighted by Gasteiger charge is -2.41. The van der Waals surface area contributed by atoms with Crippen molar-refractivity contribution in [2.45, 2.75) is 59.2 Å². The van der Waals surface area contributed by atoms with Crippen molar-refractivity contribution in [1.82, 2.24) is 10.3 Å². The standard InChI is InChI=1S/C33H39N5O2S/c1-20-19-33(5,6)37(7)26-15-12-21(17-23(20)26)29-28(25-11-9-10-16-34-25)36-31(41)38(29)22-13-14-24(27(18-22)40-8)35-30(39)32(2,3)4/h9-19,28-29H,1-8H3,(H,35,39)(H,36,41)/t28-,29+/m0/s1. The van der Waals surface area contributed by atoms with Crippen LogP contribution in [0.25, 0.3) is 5.57 Å². The second-order valence-electron chi connectivity index (χ2n) is 12.4. The lowest BCUT2D eigenvalue weighted by atomic mass is 9.86. The van der Waals surface area contributed by atoms with E-state index in [1.165, 1.54) is 16.8 Å². The number of pyridine rings is 1. The molecule has 3 heterocycles. The van der Waals surface area contributed by atoms with Crippen molar-refractivity contribution < 1.29 is 9.53 Å². The number of fused-ring (bicyclic) bond motifs is 1. The van der Waals surface area contributed by atoms with Gasteiger partial charge in [-0.25, -0.2) is 0 Å². The number of methoxy groups -OCH3 is 1.